The van der Waals surface area contributed by atoms with E-state index in [1.165, 1.54) is 12.1 Å². The molecule has 0 aliphatic carbocycles. The maximum atomic E-state index is 12.1. The second-order valence-electron chi connectivity index (χ2n) is 4.90. The third-order valence-electron chi connectivity index (χ3n) is 3.18. The summed E-state index contributed by atoms with van der Waals surface area (Å²) in [6.07, 6.45) is -3.09. The number of aromatic nitrogens is 1. The van der Waals surface area contributed by atoms with Crippen molar-refractivity contribution in [2.75, 3.05) is 10.6 Å². The van der Waals surface area contributed by atoms with E-state index >= 15 is 0 Å². The van der Waals surface area contributed by atoms with E-state index in [0.29, 0.717) is 11.4 Å². The topological polar surface area (TPSA) is 66.2 Å². The van der Waals surface area contributed by atoms with E-state index in [1.54, 1.807) is 6.20 Å². The summed E-state index contributed by atoms with van der Waals surface area (Å²) in [5, 5.41) is 6.06. The van der Waals surface area contributed by atoms with Gasteiger partial charge in [0.25, 0.3) is 0 Å². The molecule has 24 heavy (non-hydrogen) atoms. The average molecular weight is 335 g/mol. The maximum absolute atomic E-state index is 12.1. The Morgan fingerprint density at radius 2 is 1.71 bits per heavy atom. The van der Waals surface area contributed by atoms with Gasteiger partial charge in [0.05, 0.1) is 5.69 Å². The van der Waals surface area contributed by atoms with Crippen molar-refractivity contribution in [1.82, 2.24) is 4.98 Å². The van der Waals surface area contributed by atoms with Crippen LogP contribution in [0.5, 0.6) is 5.75 Å². The Kier molecular flexibility index (Phi) is 4.03. The molecule has 0 aliphatic heterocycles. The molecule has 0 unspecified atom stereocenters. The summed E-state index contributed by atoms with van der Waals surface area (Å²) in [6, 6.07) is 11.8. The number of para-hydroxylation sites is 1. The fourth-order valence-corrected chi connectivity index (χ4v) is 2.20. The second-order valence-corrected chi connectivity index (χ2v) is 4.90. The van der Waals surface area contributed by atoms with Crippen LogP contribution in [0.3, 0.4) is 0 Å². The van der Waals surface area contributed by atoms with Gasteiger partial charge in [0.1, 0.15) is 5.75 Å². The summed E-state index contributed by atoms with van der Waals surface area (Å²) in [4.78, 5) is 15.0. The van der Waals surface area contributed by atoms with Crippen molar-refractivity contribution in [3.05, 3.63) is 54.7 Å². The number of urea groups is 1. The van der Waals surface area contributed by atoms with Crippen LogP contribution in [0.2, 0.25) is 0 Å². The Balaban J connectivity index is 1.64. The summed E-state index contributed by atoms with van der Waals surface area (Å²) in [6.45, 7) is 0. The number of carbonyl (C=O) groups is 1. The van der Waals surface area contributed by atoms with Crippen LogP contribution in [0, 0.1) is 0 Å². The summed E-state index contributed by atoms with van der Waals surface area (Å²) >= 11 is 0. The lowest BCUT2D eigenvalue weighted by molar-refractivity contribution is -0.274. The minimum Gasteiger partial charge on any atom is -0.406 e. The summed E-state index contributed by atoms with van der Waals surface area (Å²) < 4.78 is 40.0. The van der Waals surface area contributed by atoms with E-state index in [4.69, 9.17) is 0 Å². The molecule has 0 bridgehead atoms. The minimum atomic E-state index is -4.75. The molecule has 0 saturated heterocycles. The quantitative estimate of drug-likeness (QED) is 0.649. The first kappa shape index (κ1) is 15.7. The predicted octanol–water partition coefficient (Wildman–Crippen LogP) is 4.71. The van der Waals surface area contributed by atoms with Crippen LogP contribution in [0.25, 0.3) is 10.9 Å². The van der Waals surface area contributed by atoms with E-state index in [9.17, 15) is 18.0 Å². The predicted molar refractivity (Wildman–Crippen MR) is 84.1 cm³/mol. The molecule has 1 aromatic heterocycles. The molecule has 0 fully saturated rings. The highest BCUT2D eigenvalue weighted by atomic mass is 19.4. The molecule has 0 radical (unpaired) electrons. The van der Waals surface area contributed by atoms with Gasteiger partial charge in [0.2, 0.25) is 0 Å². The summed E-state index contributed by atoms with van der Waals surface area (Å²) in [7, 11) is 0. The average Bonchev–Trinajstić information content (AvgIpc) is 2.91. The van der Waals surface area contributed by atoms with E-state index in [1.807, 2.05) is 24.3 Å². The Morgan fingerprint density at radius 1 is 1.00 bits per heavy atom. The van der Waals surface area contributed by atoms with Gasteiger partial charge >= 0.3 is 12.4 Å². The number of hydrogen-bond acceptors (Lipinski definition) is 2. The summed E-state index contributed by atoms with van der Waals surface area (Å²) in [5.74, 6) is -0.356. The molecule has 0 saturated carbocycles. The normalized spacial score (nSPS) is 11.3. The number of rotatable bonds is 3. The van der Waals surface area contributed by atoms with Crippen LogP contribution in [-0.2, 0) is 0 Å². The van der Waals surface area contributed by atoms with Crippen molar-refractivity contribution in [1.29, 1.82) is 0 Å². The van der Waals surface area contributed by atoms with Crippen molar-refractivity contribution >= 4 is 28.3 Å². The molecule has 124 valence electrons. The molecule has 3 aromatic rings. The molecular formula is C16H12F3N3O2. The number of hydrogen-bond donors (Lipinski definition) is 3. The molecule has 0 spiro atoms. The van der Waals surface area contributed by atoms with Gasteiger partial charge in [-0.1, -0.05) is 18.2 Å². The number of halogens is 3. The van der Waals surface area contributed by atoms with Crippen molar-refractivity contribution < 1.29 is 22.7 Å². The third-order valence-corrected chi connectivity index (χ3v) is 3.18. The van der Waals surface area contributed by atoms with Crippen LogP contribution >= 0.6 is 0 Å². The van der Waals surface area contributed by atoms with Gasteiger partial charge in [-0.3, -0.25) is 0 Å². The van der Waals surface area contributed by atoms with Gasteiger partial charge in [-0.2, -0.15) is 0 Å². The highest BCUT2D eigenvalue weighted by Crippen LogP contribution is 2.25. The minimum absolute atomic E-state index is 0.335. The molecule has 2 amide bonds. The number of H-pyrrole nitrogens is 1. The monoisotopic (exact) mass is 335 g/mol. The fourth-order valence-electron chi connectivity index (χ4n) is 2.20. The Labute approximate surface area is 134 Å². The zero-order chi connectivity index (χ0) is 17.2. The van der Waals surface area contributed by atoms with Gasteiger partial charge in [0, 0.05) is 22.8 Å². The van der Waals surface area contributed by atoms with Crippen molar-refractivity contribution in [2.24, 2.45) is 0 Å². The zero-order valence-electron chi connectivity index (χ0n) is 12.1. The lowest BCUT2D eigenvalue weighted by Gasteiger charge is -2.10. The number of fused-ring (bicyclic) bond motifs is 1. The molecule has 3 rings (SSSR count). The Morgan fingerprint density at radius 3 is 2.42 bits per heavy atom. The Hall–Kier alpha value is -3.16. The lowest BCUT2D eigenvalue weighted by Crippen LogP contribution is -2.19. The third kappa shape index (κ3) is 3.78. The molecule has 5 nitrogen and oxygen atoms in total. The molecule has 2 aromatic carbocycles. The van der Waals surface area contributed by atoms with Crippen molar-refractivity contribution in [3.63, 3.8) is 0 Å². The van der Waals surface area contributed by atoms with Crippen molar-refractivity contribution in [2.45, 2.75) is 6.36 Å². The van der Waals surface area contributed by atoms with Gasteiger partial charge in [-0.15, -0.1) is 13.2 Å². The maximum Gasteiger partial charge on any atom is 0.573 e. The van der Waals surface area contributed by atoms with E-state index in [2.05, 4.69) is 20.4 Å². The van der Waals surface area contributed by atoms with E-state index < -0.39 is 12.4 Å². The van der Waals surface area contributed by atoms with Gasteiger partial charge in [-0.05, 0) is 30.3 Å². The summed E-state index contributed by atoms with van der Waals surface area (Å²) in [5.41, 5.74) is 1.81. The second kappa shape index (κ2) is 6.15. The number of alkyl halides is 3. The van der Waals surface area contributed by atoms with Gasteiger partial charge in [-0.25, -0.2) is 4.79 Å². The lowest BCUT2D eigenvalue weighted by atomic mass is 10.2. The number of aromatic amines is 1. The number of amides is 2. The first-order valence-electron chi connectivity index (χ1n) is 6.91. The van der Waals surface area contributed by atoms with Gasteiger partial charge in [0.15, 0.2) is 0 Å². The largest absolute Gasteiger partial charge is 0.573 e. The van der Waals surface area contributed by atoms with Gasteiger partial charge < -0.3 is 20.4 Å². The van der Waals surface area contributed by atoms with Crippen LogP contribution in [-0.4, -0.2) is 17.4 Å². The molecule has 0 atom stereocenters. The Bertz CT molecular complexity index is 857. The first-order valence-corrected chi connectivity index (χ1v) is 6.91. The number of ether oxygens (including phenoxy) is 1. The van der Waals surface area contributed by atoms with Crippen LogP contribution in [0.1, 0.15) is 0 Å². The van der Waals surface area contributed by atoms with Crippen molar-refractivity contribution in [3.8, 4) is 5.75 Å². The molecular weight excluding hydrogens is 323 g/mol. The standard InChI is InChI=1S/C16H12F3N3O2/c17-16(18,19)24-11-7-5-10(6-8-11)21-15(23)22-14-9-20-13-4-2-1-3-12(13)14/h1-9,20H,(H2,21,22,23). The van der Waals surface area contributed by atoms with E-state index in [0.717, 1.165) is 23.0 Å². The highest BCUT2D eigenvalue weighted by Gasteiger charge is 2.30. The molecule has 8 heteroatoms. The molecule has 0 aliphatic rings. The molecule has 3 N–H and O–H groups in total. The number of nitrogens with one attached hydrogen (secondary N) is 3. The molecule has 1 heterocycles. The smallest absolute Gasteiger partial charge is 0.406 e. The zero-order valence-corrected chi connectivity index (χ0v) is 12.1. The first-order chi connectivity index (χ1) is 11.4. The van der Waals surface area contributed by atoms with Crippen LogP contribution in [0.4, 0.5) is 29.3 Å². The fraction of sp³-hybridized carbons (Fsp3) is 0.0625. The highest BCUT2D eigenvalue weighted by molar-refractivity contribution is 6.05. The van der Waals surface area contributed by atoms with E-state index in [-0.39, 0.29) is 5.75 Å². The SMILES string of the molecule is O=C(Nc1ccc(OC(F)(F)F)cc1)Nc1c[nH]c2ccccc12. The number of carbonyl (C=O) groups excluding carboxylic acids is 1. The van der Waals surface area contributed by atoms with Crippen LogP contribution < -0.4 is 15.4 Å². The number of benzene rings is 2. The number of anilines is 2. The van der Waals surface area contributed by atoms with Crippen LogP contribution in [0.15, 0.2) is 54.7 Å².